The van der Waals surface area contributed by atoms with E-state index in [-0.39, 0.29) is 11.8 Å². The lowest BCUT2D eigenvalue weighted by Gasteiger charge is -2.42. The average Bonchev–Trinajstić information content (AvgIpc) is 4.02. The van der Waals surface area contributed by atoms with Gasteiger partial charge in [-0.1, -0.05) is 158 Å². The fourth-order valence-corrected chi connectivity index (χ4v) is 12.3. The Labute approximate surface area is 375 Å². The van der Waals surface area contributed by atoms with Crippen molar-refractivity contribution in [1.29, 1.82) is 0 Å². The lowest BCUT2D eigenvalue weighted by molar-refractivity contribution is 0.761. The Bertz CT molecular complexity index is 4050. The van der Waals surface area contributed by atoms with Gasteiger partial charge in [0.1, 0.15) is 0 Å². The molecule has 10 aromatic carbocycles. The van der Waals surface area contributed by atoms with Gasteiger partial charge in [-0.25, -0.2) is 0 Å². The molecule has 0 unspecified atom stereocenters. The van der Waals surface area contributed by atoms with Gasteiger partial charge in [0.25, 0.3) is 0 Å². The zero-order valence-electron chi connectivity index (χ0n) is 35.4. The maximum Gasteiger partial charge on any atom is 0.0544 e. The number of para-hydroxylation sites is 5. The number of benzene rings is 10. The maximum atomic E-state index is 2.51. The van der Waals surface area contributed by atoms with Crippen LogP contribution in [-0.4, -0.2) is 13.7 Å². The highest BCUT2D eigenvalue weighted by atomic mass is 15.0. The first kappa shape index (κ1) is 35.1. The van der Waals surface area contributed by atoms with Crippen LogP contribution in [0.3, 0.4) is 0 Å². The summed E-state index contributed by atoms with van der Waals surface area (Å²) < 4.78 is 7.40. The van der Waals surface area contributed by atoms with Crippen molar-refractivity contribution in [3.05, 3.63) is 258 Å². The maximum absolute atomic E-state index is 2.51. The van der Waals surface area contributed by atoms with E-state index in [1.54, 1.807) is 0 Å². The number of fused-ring (bicyclic) bond motifs is 9. The molecule has 0 amide bonds. The lowest BCUT2D eigenvalue weighted by atomic mass is 9.60. The molecule has 0 saturated carbocycles. The van der Waals surface area contributed by atoms with E-state index in [9.17, 15) is 0 Å². The zero-order valence-corrected chi connectivity index (χ0v) is 35.4. The van der Waals surface area contributed by atoms with Crippen molar-refractivity contribution < 1.29 is 0 Å². The first-order valence-electron chi connectivity index (χ1n) is 22.8. The van der Waals surface area contributed by atoms with E-state index in [1.165, 1.54) is 110 Å². The summed E-state index contributed by atoms with van der Waals surface area (Å²) in [5, 5.41) is 7.68. The Morgan fingerprint density at radius 2 is 0.754 bits per heavy atom. The molecule has 3 heteroatoms. The van der Waals surface area contributed by atoms with Gasteiger partial charge in [0.2, 0.25) is 0 Å². The molecule has 3 nitrogen and oxygen atoms in total. The van der Waals surface area contributed by atoms with Crippen LogP contribution in [0, 0.1) is 0 Å². The van der Waals surface area contributed by atoms with Crippen LogP contribution in [0.15, 0.2) is 224 Å². The van der Waals surface area contributed by atoms with Gasteiger partial charge in [-0.05, 0) is 106 Å². The highest BCUT2D eigenvalue weighted by Crippen LogP contribution is 2.58. The monoisotopic (exact) mass is 825 g/mol. The SMILES string of the molecule is c1cc(-c2ccccc2-n2c3ccccc3c3cc(-n4c5ccccc5c5ccccc54)ccc32)cc(-n2c3ccccc3c3c4c(ccc32)C2c3ccccc3C4c3ccccc32)c1. The van der Waals surface area contributed by atoms with Crippen LogP contribution in [0.2, 0.25) is 0 Å². The summed E-state index contributed by atoms with van der Waals surface area (Å²) in [4.78, 5) is 0. The van der Waals surface area contributed by atoms with Gasteiger partial charge in [-0.2, -0.15) is 0 Å². The molecule has 0 saturated heterocycles. The summed E-state index contributed by atoms with van der Waals surface area (Å²) in [5.74, 6) is 0.419. The Hall–Kier alpha value is -8.40. The van der Waals surface area contributed by atoms with Crippen LogP contribution in [0.1, 0.15) is 45.2 Å². The highest BCUT2D eigenvalue weighted by Gasteiger charge is 2.42. The van der Waals surface area contributed by atoms with Gasteiger partial charge in [0.05, 0.1) is 38.8 Å². The number of hydrogen-bond donors (Lipinski definition) is 0. The molecule has 0 spiro atoms. The van der Waals surface area contributed by atoms with Gasteiger partial charge in [-0.15, -0.1) is 0 Å². The summed E-state index contributed by atoms with van der Waals surface area (Å²) in [5.41, 5.74) is 21.8. The van der Waals surface area contributed by atoms with E-state index in [2.05, 4.69) is 238 Å². The third kappa shape index (κ3) is 4.69. The smallest absolute Gasteiger partial charge is 0.0544 e. The number of aromatic nitrogens is 3. The molecule has 3 aliphatic rings. The Morgan fingerprint density at radius 3 is 1.43 bits per heavy atom. The van der Waals surface area contributed by atoms with E-state index < -0.39 is 0 Å². The normalized spacial score (nSPS) is 15.1. The second-order valence-corrected chi connectivity index (χ2v) is 17.9. The molecule has 0 radical (unpaired) electrons. The number of nitrogens with zero attached hydrogens (tertiary/aromatic N) is 3. The fourth-order valence-electron chi connectivity index (χ4n) is 12.3. The average molecular weight is 826 g/mol. The molecule has 16 rings (SSSR count). The molecule has 0 atom stereocenters. The second kappa shape index (κ2) is 13.1. The van der Waals surface area contributed by atoms with Crippen LogP contribution >= 0.6 is 0 Å². The van der Waals surface area contributed by atoms with Gasteiger partial charge < -0.3 is 13.7 Å². The molecule has 0 N–H and O–H groups in total. The van der Waals surface area contributed by atoms with Gasteiger partial charge in [0, 0.05) is 61.1 Å². The van der Waals surface area contributed by atoms with Crippen molar-refractivity contribution in [3.63, 3.8) is 0 Å². The molecular formula is C62H39N3. The predicted molar refractivity (Wildman–Crippen MR) is 270 cm³/mol. The minimum absolute atomic E-state index is 0.188. The van der Waals surface area contributed by atoms with Crippen molar-refractivity contribution >= 4 is 65.4 Å². The van der Waals surface area contributed by atoms with E-state index in [0.717, 1.165) is 17.1 Å². The van der Waals surface area contributed by atoms with Crippen molar-refractivity contribution in [1.82, 2.24) is 13.7 Å². The van der Waals surface area contributed by atoms with E-state index in [1.807, 2.05) is 0 Å². The summed E-state index contributed by atoms with van der Waals surface area (Å²) in [6.07, 6.45) is 0. The molecule has 2 bridgehead atoms. The van der Waals surface area contributed by atoms with E-state index in [4.69, 9.17) is 0 Å². The lowest BCUT2D eigenvalue weighted by Crippen LogP contribution is -2.27. The summed E-state index contributed by atoms with van der Waals surface area (Å²) in [6, 6.07) is 83.7. The standard InChI is InChI=1S/C62H39N3/c1-3-24-47-45(22-1)59-46-23-2-4-25-48(46)60(47)62-50(59)33-35-58-61(62)49-26-9-14-31-56(49)64(58)39-17-15-16-38(36-39)41-18-5-10-27-52(41)65-55-30-13-8-21-44(55)51-37-40(32-34-57(51)65)63-53-28-11-6-19-42(53)43-20-7-12-29-54(43)63/h1-37,59-60H. The minimum atomic E-state index is 0.188. The Morgan fingerprint density at radius 1 is 0.277 bits per heavy atom. The van der Waals surface area contributed by atoms with Gasteiger partial charge in [0.15, 0.2) is 0 Å². The predicted octanol–water partition coefficient (Wildman–Crippen LogP) is 15.6. The van der Waals surface area contributed by atoms with Gasteiger partial charge in [-0.3, -0.25) is 0 Å². The molecule has 0 fully saturated rings. The third-order valence-corrected chi connectivity index (χ3v) is 14.8. The molecule has 3 aliphatic carbocycles. The Kier molecular flexibility index (Phi) is 7.06. The van der Waals surface area contributed by atoms with Crippen LogP contribution in [0.5, 0.6) is 0 Å². The van der Waals surface area contributed by atoms with E-state index in [0.29, 0.717) is 0 Å². The van der Waals surface area contributed by atoms with Crippen molar-refractivity contribution in [2.75, 3.05) is 0 Å². The van der Waals surface area contributed by atoms with Crippen molar-refractivity contribution in [3.8, 4) is 28.2 Å². The Balaban J connectivity index is 0.916. The summed E-state index contributed by atoms with van der Waals surface area (Å²) in [7, 11) is 0. The van der Waals surface area contributed by atoms with Crippen LogP contribution in [0.4, 0.5) is 0 Å². The molecule has 65 heavy (non-hydrogen) atoms. The molecule has 0 aliphatic heterocycles. The minimum Gasteiger partial charge on any atom is -0.309 e. The molecular weight excluding hydrogens is 787 g/mol. The van der Waals surface area contributed by atoms with Crippen molar-refractivity contribution in [2.24, 2.45) is 0 Å². The molecule has 3 aromatic heterocycles. The largest absolute Gasteiger partial charge is 0.309 e. The fraction of sp³-hybridized carbons (Fsp3) is 0.0323. The van der Waals surface area contributed by atoms with Crippen LogP contribution in [-0.2, 0) is 0 Å². The molecule has 3 heterocycles. The molecule has 13 aromatic rings. The quantitative estimate of drug-likeness (QED) is 0.168. The first-order chi connectivity index (χ1) is 32.3. The van der Waals surface area contributed by atoms with Crippen LogP contribution in [0.25, 0.3) is 93.6 Å². The highest BCUT2D eigenvalue weighted by molar-refractivity contribution is 6.14. The van der Waals surface area contributed by atoms with E-state index >= 15 is 0 Å². The van der Waals surface area contributed by atoms with Crippen molar-refractivity contribution in [2.45, 2.75) is 11.8 Å². The van der Waals surface area contributed by atoms with Gasteiger partial charge >= 0.3 is 0 Å². The topological polar surface area (TPSA) is 14.8 Å². The van der Waals surface area contributed by atoms with Crippen LogP contribution < -0.4 is 0 Å². The summed E-state index contributed by atoms with van der Waals surface area (Å²) >= 11 is 0. The summed E-state index contributed by atoms with van der Waals surface area (Å²) in [6.45, 7) is 0. The third-order valence-electron chi connectivity index (χ3n) is 14.8. The zero-order chi connectivity index (χ0) is 42.3. The molecule has 302 valence electrons. The number of hydrogen-bond acceptors (Lipinski definition) is 0. The number of rotatable bonds is 4. The second-order valence-electron chi connectivity index (χ2n) is 17.9. The first-order valence-corrected chi connectivity index (χ1v) is 22.8.